The highest BCUT2D eigenvalue weighted by molar-refractivity contribution is 6.01. The van der Waals surface area contributed by atoms with Gasteiger partial charge in [0.15, 0.2) is 0 Å². The van der Waals surface area contributed by atoms with Gasteiger partial charge < -0.3 is 15.2 Å². The van der Waals surface area contributed by atoms with Gasteiger partial charge in [0.25, 0.3) is 5.91 Å². The van der Waals surface area contributed by atoms with Gasteiger partial charge in [-0.3, -0.25) is 9.59 Å². The molecular weight excluding hydrogens is 302 g/mol. The van der Waals surface area contributed by atoms with Crippen LogP contribution in [0.25, 0.3) is 10.9 Å². The summed E-state index contributed by atoms with van der Waals surface area (Å²) in [7, 11) is 0. The Morgan fingerprint density at radius 2 is 2.04 bits per heavy atom. The number of benzene rings is 2. The summed E-state index contributed by atoms with van der Waals surface area (Å²) in [5.74, 6) is -0.143. The molecule has 3 aromatic rings. The highest BCUT2D eigenvalue weighted by Crippen LogP contribution is 2.23. The van der Waals surface area contributed by atoms with Crippen LogP contribution >= 0.6 is 0 Å². The molecule has 0 fully saturated rings. The van der Waals surface area contributed by atoms with Crippen molar-refractivity contribution < 1.29 is 9.59 Å². The van der Waals surface area contributed by atoms with E-state index in [-0.39, 0.29) is 11.8 Å². The van der Waals surface area contributed by atoms with Gasteiger partial charge in [-0.05, 0) is 41.3 Å². The number of carbonyl (C=O) groups excluding carboxylic acids is 2. The third kappa shape index (κ3) is 2.65. The van der Waals surface area contributed by atoms with E-state index in [0.29, 0.717) is 25.1 Å². The zero-order chi connectivity index (χ0) is 16.5. The summed E-state index contributed by atoms with van der Waals surface area (Å²) in [6, 6.07) is 15.6. The van der Waals surface area contributed by atoms with Crippen LogP contribution in [-0.2, 0) is 17.8 Å². The van der Waals surface area contributed by atoms with Crippen LogP contribution in [0.15, 0.2) is 54.7 Å². The van der Waals surface area contributed by atoms with E-state index < -0.39 is 0 Å². The fourth-order valence-corrected chi connectivity index (χ4v) is 3.10. The van der Waals surface area contributed by atoms with Crippen molar-refractivity contribution in [1.82, 2.24) is 9.88 Å². The first-order valence-electron chi connectivity index (χ1n) is 7.95. The zero-order valence-electron chi connectivity index (χ0n) is 13.1. The monoisotopic (exact) mass is 319 g/mol. The molecule has 120 valence electrons. The predicted molar refractivity (Wildman–Crippen MR) is 93.0 cm³/mol. The van der Waals surface area contributed by atoms with Gasteiger partial charge in [-0.25, -0.2) is 0 Å². The summed E-state index contributed by atoms with van der Waals surface area (Å²) in [4.78, 5) is 23.7. The third-order valence-electron chi connectivity index (χ3n) is 4.31. The lowest BCUT2D eigenvalue weighted by Gasteiger charge is -2.08. The van der Waals surface area contributed by atoms with Crippen molar-refractivity contribution >= 4 is 28.4 Å². The fraction of sp³-hybridized carbons (Fsp3) is 0.158. The maximum Gasteiger partial charge on any atom is 0.251 e. The zero-order valence-corrected chi connectivity index (χ0v) is 13.1. The molecule has 1 aliphatic rings. The number of hydrogen-bond donors (Lipinski definition) is 2. The Labute approximate surface area is 139 Å². The van der Waals surface area contributed by atoms with E-state index in [1.54, 1.807) is 18.2 Å². The molecule has 0 aliphatic carbocycles. The van der Waals surface area contributed by atoms with Gasteiger partial charge in [0, 0.05) is 36.1 Å². The highest BCUT2D eigenvalue weighted by atomic mass is 16.2. The van der Waals surface area contributed by atoms with Crippen LogP contribution in [0.2, 0.25) is 0 Å². The fourth-order valence-electron chi connectivity index (χ4n) is 3.10. The number of nitrogens with one attached hydrogen (secondary N) is 2. The number of rotatable bonds is 4. The summed E-state index contributed by atoms with van der Waals surface area (Å²) >= 11 is 0. The molecule has 4 rings (SSSR count). The predicted octanol–water partition coefficient (Wildman–Crippen LogP) is 2.57. The van der Waals surface area contributed by atoms with E-state index in [1.807, 2.05) is 18.3 Å². The third-order valence-corrected chi connectivity index (χ3v) is 4.31. The molecule has 5 heteroatoms. The van der Waals surface area contributed by atoms with E-state index in [2.05, 4.69) is 33.4 Å². The minimum Gasteiger partial charge on any atom is -0.350 e. The summed E-state index contributed by atoms with van der Waals surface area (Å²) in [5.41, 5.74) is 3.43. The Kier molecular flexibility index (Phi) is 3.54. The highest BCUT2D eigenvalue weighted by Gasteiger charge is 2.18. The van der Waals surface area contributed by atoms with E-state index in [1.165, 1.54) is 5.39 Å². The van der Waals surface area contributed by atoms with Gasteiger partial charge in [-0.1, -0.05) is 18.2 Å². The molecule has 0 saturated carbocycles. The van der Waals surface area contributed by atoms with E-state index in [0.717, 1.165) is 16.8 Å². The van der Waals surface area contributed by atoms with E-state index in [4.69, 9.17) is 0 Å². The molecule has 2 aromatic carbocycles. The average molecular weight is 319 g/mol. The van der Waals surface area contributed by atoms with Crippen molar-refractivity contribution in [2.75, 3.05) is 11.9 Å². The molecule has 1 aliphatic heterocycles. The molecule has 0 unspecified atom stereocenters. The van der Waals surface area contributed by atoms with Crippen LogP contribution in [0.4, 0.5) is 5.69 Å². The van der Waals surface area contributed by atoms with Crippen molar-refractivity contribution in [2.45, 2.75) is 13.0 Å². The van der Waals surface area contributed by atoms with Crippen LogP contribution in [-0.4, -0.2) is 22.9 Å². The second-order valence-corrected chi connectivity index (χ2v) is 5.92. The minimum absolute atomic E-state index is 0.0259. The van der Waals surface area contributed by atoms with Crippen LogP contribution in [0.1, 0.15) is 15.9 Å². The summed E-state index contributed by atoms with van der Waals surface area (Å²) in [6.45, 7) is 1.26. The largest absolute Gasteiger partial charge is 0.350 e. The number of anilines is 1. The number of para-hydroxylation sites is 1. The maximum absolute atomic E-state index is 12.3. The van der Waals surface area contributed by atoms with E-state index in [9.17, 15) is 9.59 Å². The van der Waals surface area contributed by atoms with Gasteiger partial charge >= 0.3 is 0 Å². The first-order valence-corrected chi connectivity index (χ1v) is 7.95. The van der Waals surface area contributed by atoms with Gasteiger partial charge in [0.05, 0.1) is 6.42 Å². The number of nitrogens with zero attached hydrogens (tertiary/aromatic N) is 1. The summed E-state index contributed by atoms with van der Waals surface area (Å²) in [6.07, 6.45) is 2.37. The van der Waals surface area contributed by atoms with Crippen LogP contribution < -0.4 is 10.6 Å². The maximum atomic E-state index is 12.3. The Morgan fingerprint density at radius 1 is 1.17 bits per heavy atom. The molecule has 1 aromatic heterocycles. The normalized spacial score (nSPS) is 12.9. The molecule has 2 heterocycles. The molecule has 0 atom stereocenters. The Balaban J connectivity index is 1.40. The van der Waals surface area contributed by atoms with Crippen LogP contribution in [0, 0.1) is 0 Å². The van der Waals surface area contributed by atoms with Gasteiger partial charge in [0.2, 0.25) is 5.91 Å². The number of hydrogen-bond acceptors (Lipinski definition) is 2. The molecule has 5 nitrogen and oxygen atoms in total. The smallest absolute Gasteiger partial charge is 0.251 e. The molecular formula is C19H17N3O2. The quantitative estimate of drug-likeness (QED) is 0.776. The van der Waals surface area contributed by atoms with Crippen molar-refractivity contribution in [1.29, 1.82) is 0 Å². The van der Waals surface area contributed by atoms with Gasteiger partial charge in [-0.2, -0.15) is 0 Å². The lowest BCUT2D eigenvalue weighted by molar-refractivity contribution is -0.115. The van der Waals surface area contributed by atoms with Crippen LogP contribution in [0.5, 0.6) is 0 Å². The number of fused-ring (bicyclic) bond motifs is 2. The van der Waals surface area contributed by atoms with Crippen molar-refractivity contribution in [3.05, 3.63) is 65.9 Å². The topological polar surface area (TPSA) is 63.1 Å². The van der Waals surface area contributed by atoms with Gasteiger partial charge in [-0.15, -0.1) is 0 Å². The first kappa shape index (κ1) is 14.5. The van der Waals surface area contributed by atoms with E-state index >= 15 is 0 Å². The Hall–Kier alpha value is -3.08. The second-order valence-electron chi connectivity index (χ2n) is 5.92. The molecule has 0 radical (unpaired) electrons. The summed E-state index contributed by atoms with van der Waals surface area (Å²) < 4.78 is 2.13. The lowest BCUT2D eigenvalue weighted by atomic mass is 10.1. The molecule has 0 bridgehead atoms. The standard InChI is InChI=1S/C19H17N3O2/c23-18-12-15-11-14(5-6-16(15)21-18)19(24)20-8-10-22-9-7-13-3-1-2-4-17(13)22/h1-7,9,11H,8,10,12H2,(H,20,24)(H,21,23). The molecule has 0 spiro atoms. The lowest BCUT2D eigenvalue weighted by Crippen LogP contribution is -2.27. The Bertz CT molecular complexity index is 943. The molecule has 2 amide bonds. The molecule has 24 heavy (non-hydrogen) atoms. The molecule has 0 saturated heterocycles. The second kappa shape index (κ2) is 5.85. The number of amides is 2. The van der Waals surface area contributed by atoms with Crippen molar-refractivity contribution in [3.63, 3.8) is 0 Å². The number of aromatic nitrogens is 1. The van der Waals surface area contributed by atoms with Crippen molar-refractivity contribution in [2.24, 2.45) is 0 Å². The minimum atomic E-state index is -0.117. The van der Waals surface area contributed by atoms with Gasteiger partial charge in [0.1, 0.15) is 0 Å². The first-order chi connectivity index (χ1) is 11.7. The average Bonchev–Trinajstić information content (AvgIpc) is 3.16. The number of carbonyl (C=O) groups is 2. The van der Waals surface area contributed by atoms with Crippen LogP contribution in [0.3, 0.4) is 0 Å². The van der Waals surface area contributed by atoms with Crippen molar-refractivity contribution in [3.8, 4) is 0 Å². The molecule has 2 N–H and O–H groups in total. The summed E-state index contributed by atoms with van der Waals surface area (Å²) in [5, 5.41) is 6.90. The Morgan fingerprint density at radius 3 is 2.96 bits per heavy atom. The SMILES string of the molecule is O=C1Cc2cc(C(=O)NCCn3ccc4ccccc43)ccc2N1.